The molecular formula is C13H17ClN2S2. The summed E-state index contributed by atoms with van der Waals surface area (Å²) in [6.45, 7) is 8.48. The predicted octanol–water partition coefficient (Wildman–Crippen LogP) is 4.89. The number of nitrogens with zero attached hydrogens (tertiary/aromatic N) is 1. The van der Waals surface area contributed by atoms with E-state index in [1.54, 1.807) is 22.7 Å². The third-order valence-electron chi connectivity index (χ3n) is 2.85. The van der Waals surface area contributed by atoms with Crippen molar-refractivity contribution in [1.29, 1.82) is 0 Å². The van der Waals surface area contributed by atoms with Crippen LogP contribution in [0, 0.1) is 13.8 Å². The van der Waals surface area contributed by atoms with Gasteiger partial charge < -0.3 is 5.32 Å². The lowest BCUT2D eigenvalue weighted by molar-refractivity contribution is 0.503. The summed E-state index contributed by atoms with van der Waals surface area (Å²) in [6, 6.07) is 4.65. The van der Waals surface area contributed by atoms with Gasteiger partial charge in [0.15, 0.2) is 0 Å². The van der Waals surface area contributed by atoms with E-state index in [9.17, 15) is 0 Å². The van der Waals surface area contributed by atoms with Crippen LogP contribution in [0.15, 0.2) is 12.1 Å². The molecule has 2 unspecified atom stereocenters. The third-order valence-corrected chi connectivity index (χ3v) is 5.52. The summed E-state index contributed by atoms with van der Waals surface area (Å²) in [4.78, 5) is 7.07. The zero-order valence-electron chi connectivity index (χ0n) is 11.0. The number of nitrogens with one attached hydrogen (secondary N) is 1. The van der Waals surface area contributed by atoms with Gasteiger partial charge in [-0.2, -0.15) is 0 Å². The van der Waals surface area contributed by atoms with Gasteiger partial charge in [-0.25, -0.2) is 4.98 Å². The highest BCUT2D eigenvalue weighted by molar-refractivity contribution is 7.16. The van der Waals surface area contributed by atoms with Crippen LogP contribution in [-0.4, -0.2) is 4.98 Å². The smallest absolute Gasteiger partial charge is 0.0931 e. The van der Waals surface area contributed by atoms with Gasteiger partial charge in [-0.05, 0) is 39.8 Å². The van der Waals surface area contributed by atoms with Crippen LogP contribution in [-0.2, 0) is 0 Å². The lowest BCUT2D eigenvalue weighted by atomic mass is 10.2. The molecule has 0 spiro atoms. The number of rotatable bonds is 4. The van der Waals surface area contributed by atoms with E-state index in [1.165, 1.54) is 9.75 Å². The fourth-order valence-electron chi connectivity index (χ4n) is 2.04. The molecular weight excluding hydrogens is 284 g/mol. The van der Waals surface area contributed by atoms with E-state index in [4.69, 9.17) is 11.6 Å². The molecule has 0 amide bonds. The predicted molar refractivity (Wildman–Crippen MR) is 80.9 cm³/mol. The first-order chi connectivity index (χ1) is 8.47. The maximum atomic E-state index is 5.97. The van der Waals surface area contributed by atoms with Gasteiger partial charge in [0.05, 0.1) is 15.0 Å². The number of thiophene rings is 1. The van der Waals surface area contributed by atoms with Gasteiger partial charge in [-0.15, -0.1) is 22.7 Å². The average Bonchev–Trinajstić information content (AvgIpc) is 2.84. The van der Waals surface area contributed by atoms with E-state index in [-0.39, 0.29) is 0 Å². The van der Waals surface area contributed by atoms with E-state index < -0.39 is 0 Å². The summed E-state index contributed by atoms with van der Waals surface area (Å²) >= 11 is 9.37. The molecule has 0 aliphatic heterocycles. The van der Waals surface area contributed by atoms with Crippen molar-refractivity contribution in [1.82, 2.24) is 10.3 Å². The second-order valence-electron chi connectivity index (χ2n) is 4.43. The monoisotopic (exact) mass is 300 g/mol. The van der Waals surface area contributed by atoms with Crippen molar-refractivity contribution in [2.24, 2.45) is 0 Å². The van der Waals surface area contributed by atoms with Gasteiger partial charge in [-0.3, -0.25) is 0 Å². The van der Waals surface area contributed by atoms with E-state index in [1.807, 2.05) is 6.07 Å². The Hall–Kier alpha value is -0.420. The Morgan fingerprint density at radius 3 is 2.39 bits per heavy atom. The number of thiazole rings is 1. The molecule has 0 aliphatic carbocycles. The molecule has 0 bridgehead atoms. The molecule has 0 saturated heterocycles. The first kappa shape index (κ1) is 14.0. The third kappa shape index (κ3) is 3.12. The molecule has 0 radical (unpaired) electrons. The second kappa shape index (κ2) is 5.70. The lowest BCUT2D eigenvalue weighted by Crippen LogP contribution is -2.21. The van der Waals surface area contributed by atoms with Gasteiger partial charge in [0.25, 0.3) is 0 Å². The number of hydrogen-bond acceptors (Lipinski definition) is 4. The molecule has 2 rings (SSSR count). The van der Waals surface area contributed by atoms with Crippen LogP contribution in [0.1, 0.15) is 46.4 Å². The number of aromatic nitrogens is 1. The normalized spacial score (nSPS) is 14.7. The maximum absolute atomic E-state index is 5.97. The molecule has 0 fully saturated rings. The summed E-state index contributed by atoms with van der Waals surface area (Å²) < 4.78 is 0.844. The molecule has 5 heteroatoms. The summed E-state index contributed by atoms with van der Waals surface area (Å²) in [7, 11) is 0. The van der Waals surface area contributed by atoms with Gasteiger partial charge in [0.2, 0.25) is 0 Å². The number of aryl methyl sites for hydroxylation is 2. The first-order valence-electron chi connectivity index (χ1n) is 5.92. The topological polar surface area (TPSA) is 24.9 Å². The SMILES string of the molecule is Cc1nc(C)c(C(C)NC(C)c2ccc(Cl)s2)s1. The minimum atomic E-state index is 0.305. The molecule has 0 aliphatic rings. The molecule has 2 nitrogen and oxygen atoms in total. The van der Waals surface area contributed by atoms with Crippen molar-refractivity contribution in [2.75, 3.05) is 0 Å². The van der Waals surface area contributed by atoms with E-state index in [0.29, 0.717) is 12.1 Å². The van der Waals surface area contributed by atoms with Crippen LogP contribution in [0.4, 0.5) is 0 Å². The molecule has 0 saturated carbocycles. The largest absolute Gasteiger partial charge is 0.302 e. The Morgan fingerprint density at radius 2 is 1.89 bits per heavy atom. The summed E-state index contributed by atoms with van der Waals surface area (Å²) in [6.07, 6.45) is 0. The molecule has 0 aromatic carbocycles. The van der Waals surface area contributed by atoms with E-state index in [2.05, 4.69) is 44.1 Å². The summed E-state index contributed by atoms with van der Waals surface area (Å²) in [5.41, 5.74) is 1.13. The number of halogens is 1. The second-order valence-corrected chi connectivity index (χ2v) is 7.42. The zero-order valence-corrected chi connectivity index (χ0v) is 13.3. The van der Waals surface area contributed by atoms with Crippen LogP contribution in [0.5, 0.6) is 0 Å². The molecule has 18 heavy (non-hydrogen) atoms. The Kier molecular flexibility index (Phi) is 4.43. The van der Waals surface area contributed by atoms with Gasteiger partial charge >= 0.3 is 0 Å². The van der Waals surface area contributed by atoms with Gasteiger partial charge in [-0.1, -0.05) is 11.6 Å². The van der Waals surface area contributed by atoms with Crippen LogP contribution >= 0.6 is 34.3 Å². The van der Waals surface area contributed by atoms with E-state index >= 15 is 0 Å². The Bertz CT molecular complexity index is 533. The van der Waals surface area contributed by atoms with Crippen molar-refractivity contribution in [3.8, 4) is 0 Å². The Labute approximate surface area is 121 Å². The Balaban J connectivity index is 2.07. The molecule has 1 N–H and O–H groups in total. The van der Waals surface area contributed by atoms with E-state index in [0.717, 1.165) is 15.0 Å². The molecule has 2 heterocycles. The van der Waals surface area contributed by atoms with Crippen molar-refractivity contribution in [2.45, 2.75) is 39.8 Å². The molecule has 98 valence electrons. The quantitative estimate of drug-likeness (QED) is 0.870. The van der Waals surface area contributed by atoms with Gasteiger partial charge in [0, 0.05) is 21.8 Å². The van der Waals surface area contributed by atoms with Crippen molar-refractivity contribution < 1.29 is 0 Å². The number of hydrogen-bond donors (Lipinski definition) is 1. The highest BCUT2D eigenvalue weighted by atomic mass is 35.5. The maximum Gasteiger partial charge on any atom is 0.0931 e. The van der Waals surface area contributed by atoms with Crippen LogP contribution in [0.25, 0.3) is 0 Å². The highest BCUT2D eigenvalue weighted by Gasteiger charge is 2.16. The molecule has 2 aromatic rings. The standard InChI is InChI=1S/C13H17ClN2S2/c1-7(11-5-6-12(14)18-11)15-8(2)13-9(3)16-10(4)17-13/h5-8,15H,1-4H3. The van der Waals surface area contributed by atoms with Gasteiger partial charge in [0.1, 0.15) is 0 Å². The van der Waals surface area contributed by atoms with Crippen LogP contribution in [0.2, 0.25) is 4.34 Å². The lowest BCUT2D eigenvalue weighted by Gasteiger charge is -2.18. The molecule has 2 aromatic heterocycles. The summed E-state index contributed by atoms with van der Waals surface area (Å²) in [5, 5.41) is 4.73. The fraction of sp³-hybridized carbons (Fsp3) is 0.462. The van der Waals surface area contributed by atoms with Crippen molar-refractivity contribution in [3.63, 3.8) is 0 Å². The van der Waals surface area contributed by atoms with Crippen LogP contribution < -0.4 is 5.32 Å². The minimum Gasteiger partial charge on any atom is -0.302 e. The Morgan fingerprint density at radius 1 is 1.17 bits per heavy atom. The summed E-state index contributed by atoms with van der Waals surface area (Å²) in [5.74, 6) is 0. The molecule has 2 atom stereocenters. The average molecular weight is 301 g/mol. The van der Waals surface area contributed by atoms with Crippen molar-refractivity contribution in [3.05, 3.63) is 36.9 Å². The minimum absolute atomic E-state index is 0.305. The fourth-order valence-corrected chi connectivity index (χ4v) is 4.05. The van der Waals surface area contributed by atoms with Crippen molar-refractivity contribution >= 4 is 34.3 Å². The first-order valence-corrected chi connectivity index (χ1v) is 7.93. The zero-order chi connectivity index (χ0) is 13.3. The van der Waals surface area contributed by atoms with Crippen LogP contribution in [0.3, 0.4) is 0 Å². The highest BCUT2D eigenvalue weighted by Crippen LogP contribution is 2.30.